The molecule has 0 saturated carbocycles. The minimum Gasteiger partial charge on any atom is -0.481 e. The molecule has 0 fully saturated rings. The van der Waals surface area contributed by atoms with Crippen LogP contribution in [0, 0.1) is 11.6 Å². The molecule has 3 nitrogen and oxygen atoms in total. The van der Waals surface area contributed by atoms with E-state index < -0.39 is 24.3 Å². The second-order valence-corrected chi connectivity index (χ2v) is 9.37. The van der Waals surface area contributed by atoms with Gasteiger partial charge in [0.15, 0.2) is 24.0 Å². The van der Waals surface area contributed by atoms with Gasteiger partial charge in [-0.25, -0.2) is 18.7 Å². The van der Waals surface area contributed by atoms with Crippen LogP contribution < -0.4 is 4.74 Å². The molecule has 0 amide bonds. The molecule has 8 heteroatoms. The molecule has 0 atom stereocenters. The number of nitrogens with zero attached hydrogens (tertiary/aromatic N) is 2. The van der Waals surface area contributed by atoms with Crippen LogP contribution in [0.4, 0.5) is 22.0 Å². The van der Waals surface area contributed by atoms with Crippen molar-refractivity contribution in [2.24, 2.45) is 0 Å². The van der Waals surface area contributed by atoms with Crippen molar-refractivity contribution in [3.8, 4) is 17.1 Å². The topological polar surface area (TPSA) is 35.0 Å². The summed E-state index contributed by atoms with van der Waals surface area (Å²) in [7, 11) is 0. The lowest BCUT2D eigenvalue weighted by Crippen LogP contribution is -2.19. The quantitative estimate of drug-likeness (QED) is 0.145. The number of halogens is 5. The molecule has 38 heavy (non-hydrogen) atoms. The highest BCUT2D eigenvalue weighted by Crippen LogP contribution is 2.28. The van der Waals surface area contributed by atoms with Gasteiger partial charge < -0.3 is 4.74 Å². The standard InChI is InChI=1S/C30H29F5N2O/c1-2-3-4-5-6-21-17-36-29(37-18-21)24-12-13-25-23(16-24)11-10-22(28(25)32)9-7-20-8-14-27(26(31)15-20)38-19-30(33,34)35/h8,10-18H,2-7,9,19H2,1H3. The zero-order chi connectivity index (χ0) is 27.1. The number of aromatic nitrogens is 2. The van der Waals surface area contributed by atoms with Crippen LogP contribution in [0.15, 0.2) is 60.9 Å². The number of fused-ring (bicyclic) bond motifs is 1. The average molecular weight is 529 g/mol. The van der Waals surface area contributed by atoms with Crippen LogP contribution in [0.3, 0.4) is 0 Å². The maximum atomic E-state index is 15.3. The normalized spacial score (nSPS) is 11.7. The van der Waals surface area contributed by atoms with Crippen LogP contribution in [0.5, 0.6) is 5.75 Å². The maximum absolute atomic E-state index is 15.3. The van der Waals surface area contributed by atoms with E-state index in [0.717, 1.165) is 36.1 Å². The van der Waals surface area contributed by atoms with Crippen LogP contribution >= 0.6 is 0 Å². The second-order valence-electron chi connectivity index (χ2n) is 9.37. The van der Waals surface area contributed by atoms with E-state index in [-0.39, 0.29) is 5.82 Å². The molecular weight excluding hydrogens is 499 g/mol. The minimum absolute atomic E-state index is 0.300. The highest BCUT2D eigenvalue weighted by atomic mass is 19.4. The van der Waals surface area contributed by atoms with Crippen LogP contribution in [-0.4, -0.2) is 22.8 Å². The van der Waals surface area contributed by atoms with Crippen molar-refractivity contribution in [1.29, 1.82) is 0 Å². The third kappa shape index (κ3) is 7.27. The fourth-order valence-corrected chi connectivity index (χ4v) is 4.31. The Morgan fingerprint density at radius 2 is 1.58 bits per heavy atom. The van der Waals surface area contributed by atoms with Crippen molar-refractivity contribution in [2.45, 2.75) is 58.0 Å². The smallest absolute Gasteiger partial charge is 0.422 e. The number of alkyl halides is 3. The number of aryl methyl sites for hydroxylation is 3. The minimum atomic E-state index is -4.55. The molecule has 0 N–H and O–H groups in total. The summed E-state index contributed by atoms with van der Waals surface area (Å²) in [5.41, 5.74) is 2.89. The molecule has 0 bridgehead atoms. The third-order valence-electron chi connectivity index (χ3n) is 6.39. The highest BCUT2D eigenvalue weighted by molar-refractivity contribution is 5.87. The molecule has 0 unspecified atom stereocenters. The Morgan fingerprint density at radius 1 is 0.789 bits per heavy atom. The highest BCUT2D eigenvalue weighted by Gasteiger charge is 2.29. The average Bonchev–Trinajstić information content (AvgIpc) is 2.90. The van der Waals surface area contributed by atoms with Gasteiger partial charge in [0.05, 0.1) is 0 Å². The molecule has 0 aliphatic rings. The van der Waals surface area contributed by atoms with E-state index in [1.165, 1.54) is 25.3 Å². The van der Waals surface area contributed by atoms with Crippen LogP contribution in [0.2, 0.25) is 0 Å². The van der Waals surface area contributed by atoms with Gasteiger partial charge in [0.2, 0.25) is 0 Å². The van der Waals surface area contributed by atoms with Gasteiger partial charge >= 0.3 is 6.18 Å². The largest absolute Gasteiger partial charge is 0.481 e. The summed E-state index contributed by atoms with van der Waals surface area (Å²) in [5, 5.41) is 1.18. The van der Waals surface area contributed by atoms with E-state index in [9.17, 15) is 17.6 Å². The first-order valence-corrected chi connectivity index (χ1v) is 12.7. The molecule has 0 radical (unpaired) electrons. The molecule has 1 aromatic heterocycles. The molecule has 0 aliphatic carbocycles. The van der Waals surface area contributed by atoms with Crippen LogP contribution in [0.25, 0.3) is 22.2 Å². The summed E-state index contributed by atoms with van der Waals surface area (Å²) in [6.07, 6.45) is 5.44. The zero-order valence-corrected chi connectivity index (χ0v) is 21.1. The van der Waals surface area contributed by atoms with Gasteiger partial charge in [-0.05, 0) is 66.0 Å². The van der Waals surface area contributed by atoms with E-state index in [2.05, 4.69) is 21.6 Å². The Kier molecular flexibility index (Phi) is 8.92. The molecule has 0 spiro atoms. The van der Waals surface area contributed by atoms with Crippen LogP contribution in [-0.2, 0) is 19.3 Å². The molecule has 0 aliphatic heterocycles. The number of hydrogen-bond acceptors (Lipinski definition) is 3. The van der Waals surface area contributed by atoms with E-state index in [1.54, 1.807) is 18.2 Å². The van der Waals surface area contributed by atoms with Crippen molar-refractivity contribution >= 4 is 10.8 Å². The first-order chi connectivity index (χ1) is 18.2. The number of unbranched alkanes of at least 4 members (excludes halogenated alkanes) is 3. The van der Waals surface area contributed by atoms with Gasteiger partial charge in [0, 0.05) is 23.3 Å². The lowest BCUT2D eigenvalue weighted by Gasteiger charge is -2.11. The van der Waals surface area contributed by atoms with E-state index >= 15 is 4.39 Å². The molecule has 3 aromatic carbocycles. The molecule has 1 heterocycles. The number of hydrogen-bond donors (Lipinski definition) is 0. The number of rotatable bonds is 11. The fourth-order valence-electron chi connectivity index (χ4n) is 4.31. The maximum Gasteiger partial charge on any atom is 0.422 e. The Balaban J connectivity index is 1.41. The number of ether oxygens (including phenoxy) is 1. The van der Waals surface area contributed by atoms with E-state index in [4.69, 9.17) is 0 Å². The monoisotopic (exact) mass is 528 g/mol. The lowest BCUT2D eigenvalue weighted by atomic mass is 9.99. The second kappa shape index (κ2) is 12.3. The van der Waals surface area contributed by atoms with E-state index in [0.29, 0.717) is 40.6 Å². The van der Waals surface area contributed by atoms with Crippen molar-refractivity contribution in [2.75, 3.05) is 6.61 Å². The van der Waals surface area contributed by atoms with Gasteiger partial charge in [-0.3, -0.25) is 0 Å². The predicted octanol–water partition coefficient (Wildman–Crippen LogP) is 8.42. The molecule has 200 valence electrons. The Morgan fingerprint density at radius 3 is 2.29 bits per heavy atom. The summed E-state index contributed by atoms with van der Waals surface area (Å²) >= 11 is 0. The van der Waals surface area contributed by atoms with Crippen molar-refractivity contribution in [3.05, 3.63) is 89.2 Å². The molecule has 4 rings (SSSR count). The molecule has 0 saturated heterocycles. The SMILES string of the molecule is CCCCCCc1cnc(-c2ccc3c(F)c(CCc4ccc(OCC(F)(F)F)c(F)c4)ccc3c2)nc1. The van der Waals surface area contributed by atoms with Gasteiger partial charge in [-0.15, -0.1) is 0 Å². The van der Waals surface area contributed by atoms with Gasteiger partial charge in [-0.1, -0.05) is 56.5 Å². The zero-order valence-electron chi connectivity index (χ0n) is 21.1. The summed E-state index contributed by atoms with van der Waals surface area (Å²) in [4.78, 5) is 8.99. The third-order valence-corrected chi connectivity index (χ3v) is 6.39. The summed E-state index contributed by atoms with van der Waals surface area (Å²) in [5.74, 6) is -1.13. The number of benzene rings is 3. The van der Waals surface area contributed by atoms with Crippen LogP contribution in [0.1, 0.15) is 49.3 Å². The van der Waals surface area contributed by atoms with Gasteiger partial charge in [0.1, 0.15) is 5.82 Å². The van der Waals surface area contributed by atoms with Crippen molar-refractivity contribution in [1.82, 2.24) is 9.97 Å². The van der Waals surface area contributed by atoms with Crippen molar-refractivity contribution in [3.63, 3.8) is 0 Å². The summed E-state index contributed by atoms with van der Waals surface area (Å²) < 4.78 is 70.8. The van der Waals surface area contributed by atoms with Crippen molar-refractivity contribution < 1.29 is 26.7 Å². The van der Waals surface area contributed by atoms with E-state index in [1.807, 2.05) is 24.5 Å². The molecular formula is C30H29F5N2O. The Labute approximate surface area is 218 Å². The summed E-state index contributed by atoms with van der Waals surface area (Å²) in [6.45, 7) is 0.617. The predicted molar refractivity (Wildman–Crippen MR) is 138 cm³/mol. The Hall–Kier alpha value is -3.55. The van der Waals surface area contributed by atoms with Gasteiger partial charge in [-0.2, -0.15) is 13.2 Å². The molecule has 4 aromatic rings. The summed E-state index contributed by atoms with van der Waals surface area (Å²) in [6, 6.07) is 12.6. The van der Waals surface area contributed by atoms with Gasteiger partial charge in [0.25, 0.3) is 0 Å². The fraction of sp³-hybridized carbons (Fsp3) is 0.333. The Bertz CT molecular complexity index is 1370. The lowest BCUT2D eigenvalue weighted by molar-refractivity contribution is -0.153. The first-order valence-electron chi connectivity index (χ1n) is 12.7. The first kappa shape index (κ1) is 27.5.